The Morgan fingerprint density at radius 1 is 1.19 bits per heavy atom. The van der Waals surface area contributed by atoms with Crippen LogP contribution in [0.15, 0.2) is 48.5 Å². The van der Waals surface area contributed by atoms with E-state index in [1.165, 1.54) is 13.0 Å². The lowest BCUT2D eigenvalue weighted by Gasteiger charge is -2.06. The zero-order valence-corrected chi connectivity index (χ0v) is 12.3. The van der Waals surface area contributed by atoms with E-state index in [4.69, 9.17) is 10.5 Å². The molecule has 0 spiro atoms. The molecule has 108 valence electrons. The third-order valence-electron chi connectivity index (χ3n) is 2.76. The molecule has 0 radical (unpaired) electrons. The quantitative estimate of drug-likeness (QED) is 0.682. The van der Waals surface area contributed by atoms with Gasteiger partial charge in [-0.05, 0) is 30.7 Å². The van der Waals surface area contributed by atoms with Crippen LogP contribution < -0.4 is 5.73 Å². The van der Waals surface area contributed by atoms with Crippen molar-refractivity contribution in [3.8, 4) is 10.4 Å². The molecule has 0 unspecified atom stereocenters. The van der Waals surface area contributed by atoms with E-state index in [2.05, 4.69) is 0 Å². The number of benzene rings is 1. The molecule has 4 nitrogen and oxygen atoms in total. The summed E-state index contributed by atoms with van der Waals surface area (Å²) in [6, 6.07) is 13.9. The molecule has 0 aliphatic rings. The van der Waals surface area contributed by atoms with Gasteiger partial charge in [0.2, 0.25) is 0 Å². The number of carbonyl (C=O) groups excluding carboxylic acids is 2. The van der Waals surface area contributed by atoms with Gasteiger partial charge in [0, 0.05) is 15.8 Å². The molecule has 0 bridgehead atoms. The largest absolute Gasteiger partial charge is 0.449 e. The molecule has 2 aromatic rings. The first-order valence-electron chi connectivity index (χ1n) is 6.39. The summed E-state index contributed by atoms with van der Waals surface area (Å²) in [5.41, 5.74) is 6.15. The highest BCUT2D eigenvalue weighted by Crippen LogP contribution is 2.28. The van der Waals surface area contributed by atoms with Gasteiger partial charge in [0.15, 0.2) is 6.10 Å². The third kappa shape index (κ3) is 4.29. The fourth-order valence-corrected chi connectivity index (χ4v) is 2.54. The molecule has 1 heterocycles. The van der Waals surface area contributed by atoms with Gasteiger partial charge in [-0.25, -0.2) is 4.79 Å². The van der Waals surface area contributed by atoms with Gasteiger partial charge in [0.05, 0.1) is 0 Å². The van der Waals surface area contributed by atoms with Crippen molar-refractivity contribution in [2.24, 2.45) is 5.73 Å². The van der Waals surface area contributed by atoms with Crippen LogP contribution in [0.1, 0.15) is 11.8 Å². The van der Waals surface area contributed by atoms with Crippen LogP contribution in [0.5, 0.6) is 0 Å². The van der Waals surface area contributed by atoms with E-state index >= 15 is 0 Å². The van der Waals surface area contributed by atoms with Crippen molar-refractivity contribution in [2.45, 2.75) is 13.0 Å². The molecule has 0 saturated heterocycles. The number of carbonyl (C=O) groups is 2. The van der Waals surface area contributed by atoms with Crippen molar-refractivity contribution in [3.05, 3.63) is 53.4 Å². The van der Waals surface area contributed by atoms with Crippen LogP contribution in [-0.2, 0) is 14.3 Å². The van der Waals surface area contributed by atoms with Crippen LogP contribution in [0.25, 0.3) is 16.5 Å². The molecule has 1 aromatic heterocycles. The SMILES string of the molecule is C[C@@H](OC(=O)/C=C\c1ccc(-c2ccccc2)s1)C(N)=O. The van der Waals surface area contributed by atoms with E-state index in [0.29, 0.717) is 0 Å². The molecule has 1 amide bonds. The second-order valence-corrected chi connectivity index (χ2v) is 5.50. The summed E-state index contributed by atoms with van der Waals surface area (Å²) in [4.78, 5) is 24.3. The predicted octanol–water partition coefficient (Wildman–Crippen LogP) is 2.85. The van der Waals surface area contributed by atoms with Gasteiger partial charge in [-0.1, -0.05) is 30.3 Å². The van der Waals surface area contributed by atoms with E-state index in [9.17, 15) is 9.59 Å². The summed E-state index contributed by atoms with van der Waals surface area (Å²) >= 11 is 1.57. The Balaban J connectivity index is 2.01. The van der Waals surface area contributed by atoms with Crippen LogP contribution in [0, 0.1) is 0 Å². The zero-order valence-electron chi connectivity index (χ0n) is 11.5. The molecular weight excluding hydrogens is 286 g/mol. The number of hydrogen-bond acceptors (Lipinski definition) is 4. The molecule has 0 aliphatic carbocycles. The topological polar surface area (TPSA) is 69.4 Å². The number of amides is 1. The summed E-state index contributed by atoms with van der Waals surface area (Å²) < 4.78 is 4.83. The Bertz CT molecular complexity index is 661. The van der Waals surface area contributed by atoms with Crippen LogP contribution in [0.4, 0.5) is 0 Å². The lowest BCUT2D eigenvalue weighted by molar-refractivity contribution is -0.148. The maximum atomic E-state index is 11.5. The molecule has 1 atom stereocenters. The average Bonchev–Trinajstić information content (AvgIpc) is 2.95. The number of nitrogens with two attached hydrogens (primary N) is 1. The van der Waals surface area contributed by atoms with Crippen LogP contribution >= 0.6 is 11.3 Å². The van der Waals surface area contributed by atoms with Gasteiger partial charge in [0.1, 0.15) is 0 Å². The predicted molar refractivity (Wildman–Crippen MR) is 83.5 cm³/mol. The van der Waals surface area contributed by atoms with E-state index in [0.717, 1.165) is 15.3 Å². The maximum Gasteiger partial charge on any atom is 0.331 e. The Labute approximate surface area is 126 Å². The molecule has 0 aliphatic heterocycles. The number of hydrogen-bond donors (Lipinski definition) is 1. The normalized spacial score (nSPS) is 12.2. The third-order valence-corrected chi connectivity index (χ3v) is 3.86. The molecule has 2 rings (SSSR count). The van der Waals surface area contributed by atoms with Gasteiger partial charge in [-0.2, -0.15) is 0 Å². The van der Waals surface area contributed by atoms with E-state index in [1.807, 2.05) is 42.5 Å². The molecular formula is C16H15NO3S. The first kappa shape index (κ1) is 15.0. The van der Waals surface area contributed by atoms with Gasteiger partial charge in [-0.15, -0.1) is 11.3 Å². The smallest absolute Gasteiger partial charge is 0.331 e. The number of thiophene rings is 1. The molecule has 5 heteroatoms. The van der Waals surface area contributed by atoms with Crippen LogP contribution in [0.3, 0.4) is 0 Å². The minimum Gasteiger partial charge on any atom is -0.449 e. The Morgan fingerprint density at radius 3 is 2.57 bits per heavy atom. The fourth-order valence-electron chi connectivity index (χ4n) is 1.62. The summed E-state index contributed by atoms with van der Waals surface area (Å²) in [6.45, 7) is 1.44. The van der Waals surface area contributed by atoms with Crippen molar-refractivity contribution < 1.29 is 14.3 Å². The maximum absolute atomic E-state index is 11.5. The van der Waals surface area contributed by atoms with E-state index in [-0.39, 0.29) is 0 Å². The molecule has 0 fully saturated rings. The van der Waals surface area contributed by atoms with Crippen molar-refractivity contribution in [3.63, 3.8) is 0 Å². The van der Waals surface area contributed by atoms with E-state index in [1.54, 1.807) is 17.4 Å². The van der Waals surface area contributed by atoms with E-state index < -0.39 is 18.0 Å². The Morgan fingerprint density at radius 2 is 1.90 bits per heavy atom. The Kier molecular flexibility index (Phi) is 4.90. The van der Waals surface area contributed by atoms with Crippen molar-refractivity contribution >= 4 is 29.3 Å². The fraction of sp³-hybridized carbons (Fsp3) is 0.125. The second-order valence-electron chi connectivity index (χ2n) is 4.38. The zero-order chi connectivity index (χ0) is 15.2. The van der Waals surface area contributed by atoms with Gasteiger partial charge >= 0.3 is 5.97 Å². The molecule has 1 aromatic carbocycles. The van der Waals surface area contributed by atoms with Crippen LogP contribution in [-0.4, -0.2) is 18.0 Å². The lowest BCUT2D eigenvalue weighted by atomic mass is 10.2. The van der Waals surface area contributed by atoms with Crippen molar-refractivity contribution in [2.75, 3.05) is 0 Å². The first-order chi connectivity index (χ1) is 10.1. The number of primary amides is 1. The van der Waals surface area contributed by atoms with Gasteiger partial charge in [-0.3, -0.25) is 4.79 Å². The first-order valence-corrected chi connectivity index (χ1v) is 7.21. The number of ether oxygens (including phenoxy) is 1. The molecule has 0 saturated carbocycles. The van der Waals surface area contributed by atoms with Gasteiger partial charge in [0.25, 0.3) is 5.91 Å². The van der Waals surface area contributed by atoms with Crippen molar-refractivity contribution in [1.82, 2.24) is 0 Å². The Hall–Kier alpha value is -2.40. The van der Waals surface area contributed by atoms with Gasteiger partial charge < -0.3 is 10.5 Å². The minimum atomic E-state index is -0.926. The molecule has 2 N–H and O–H groups in total. The lowest BCUT2D eigenvalue weighted by Crippen LogP contribution is -2.29. The minimum absolute atomic E-state index is 0.587. The standard InChI is InChI=1S/C16H15NO3S/c1-11(16(17)19)20-15(18)10-8-13-7-9-14(21-13)12-5-3-2-4-6-12/h2-11H,1H3,(H2,17,19)/b10-8-/t11-/m1/s1. The summed E-state index contributed by atoms with van der Waals surface area (Å²) in [5, 5.41) is 0. The van der Waals surface area contributed by atoms with Crippen molar-refractivity contribution in [1.29, 1.82) is 0 Å². The number of esters is 1. The highest BCUT2D eigenvalue weighted by Gasteiger charge is 2.12. The summed E-state index contributed by atoms with van der Waals surface area (Å²) in [7, 11) is 0. The molecule has 21 heavy (non-hydrogen) atoms. The highest BCUT2D eigenvalue weighted by molar-refractivity contribution is 7.16. The monoisotopic (exact) mass is 301 g/mol. The number of rotatable bonds is 5. The average molecular weight is 301 g/mol. The summed E-state index contributed by atoms with van der Waals surface area (Å²) in [6.07, 6.45) is 2.03. The second kappa shape index (κ2) is 6.85. The highest BCUT2D eigenvalue weighted by atomic mass is 32.1. The van der Waals surface area contributed by atoms with Crippen LogP contribution in [0.2, 0.25) is 0 Å². The summed E-state index contributed by atoms with van der Waals surface area (Å²) in [5.74, 6) is -1.25.